The van der Waals surface area contributed by atoms with Gasteiger partial charge in [0.15, 0.2) is 0 Å². The van der Waals surface area contributed by atoms with Gasteiger partial charge in [0.1, 0.15) is 5.69 Å². The minimum atomic E-state index is -0.464. The maximum absolute atomic E-state index is 11.9. The molecule has 92 valence electrons. The molecule has 0 atom stereocenters. The number of amides is 1. The number of anilines is 1. The van der Waals surface area contributed by atoms with E-state index in [-0.39, 0.29) is 21.8 Å². The molecule has 0 bridgehead atoms. The molecule has 18 heavy (non-hydrogen) atoms. The summed E-state index contributed by atoms with van der Waals surface area (Å²) in [6.45, 7) is 0. The van der Waals surface area contributed by atoms with E-state index in [1.54, 1.807) is 12.1 Å². The number of rotatable bonds is 2. The molecule has 0 saturated heterocycles. The first kappa shape index (κ1) is 12.7. The molecular weight excluding hydrogens is 275 g/mol. The van der Waals surface area contributed by atoms with E-state index in [1.807, 2.05) is 0 Å². The van der Waals surface area contributed by atoms with Gasteiger partial charge in [-0.15, -0.1) is 0 Å². The maximum atomic E-state index is 11.9. The van der Waals surface area contributed by atoms with Crippen LogP contribution in [-0.2, 0) is 0 Å². The highest BCUT2D eigenvalue weighted by molar-refractivity contribution is 6.37. The van der Waals surface area contributed by atoms with Gasteiger partial charge in [0, 0.05) is 11.2 Å². The molecule has 1 aromatic heterocycles. The van der Waals surface area contributed by atoms with Crippen molar-refractivity contribution in [3.05, 3.63) is 62.5 Å². The van der Waals surface area contributed by atoms with Gasteiger partial charge in [0.05, 0.1) is 10.6 Å². The summed E-state index contributed by atoms with van der Waals surface area (Å²) >= 11 is 11.6. The molecule has 2 N–H and O–H groups in total. The number of pyridine rings is 1. The number of hydrogen-bond donors (Lipinski definition) is 2. The minimum Gasteiger partial charge on any atom is -0.327 e. The number of H-pyrrole nitrogens is 1. The van der Waals surface area contributed by atoms with Crippen molar-refractivity contribution in [3.8, 4) is 0 Å². The Balaban J connectivity index is 2.28. The third-order valence-corrected chi connectivity index (χ3v) is 2.79. The second-order valence-electron chi connectivity index (χ2n) is 3.49. The topological polar surface area (TPSA) is 62.0 Å². The lowest BCUT2D eigenvalue weighted by Gasteiger charge is -2.06. The van der Waals surface area contributed by atoms with Crippen molar-refractivity contribution >= 4 is 34.8 Å². The number of nitrogens with one attached hydrogen (secondary N) is 2. The highest BCUT2D eigenvalue weighted by Crippen LogP contribution is 2.21. The van der Waals surface area contributed by atoms with Crippen LogP contribution in [0.15, 0.2) is 41.3 Å². The lowest BCUT2D eigenvalue weighted by Crippen LogP contribution is -2.19. The molecule has 0 fully saturated rings. The number of aromatic nitrogens is 1. The Morgan fingerprint density at radius 3 is 2.67 bits per heavy atom. The van der Waals surface area contributed by atoms with Crippen LogP contribution in [0.4, 0.5) is 5.69 Å². The van der Waals surface area contributed by atoms with Gasteiger partial charge in [0.2, 0.25) is 0 Å². The molecule has 2 rings (SSSR count). The standard InChI is InChI=1S/C12H8Cl2N2O2/c13-7-3-4-8(9(14)6-7)11(17)16-10-2-1-5-15-12(10)18/h1-6H,(H,15,18)(H,16,17). The van der Waals surface area contributed by atoms with Crippen molar-refractivity contribution in [1.29, 1.82) is 0 Å². The first-order valence-electron chi connectivity index (χ1n) is 5.02. The Morgan fingerprint density at radius 2 is 2.00 bits per heavy atom. The third kappa shape index (κ3) is 2.72. The molecule has 0 aliphatic carbocycles. The second-order valence-corrected chi connectivity index (χ2v) is 4.33. The van der Waals surface area contributed by atoms with E-state index in [4.69, 9.17) is 23.2 Å². The van der Waals surface area contributed by atoms with E-state index in [2.05, 4.69) is 10.3 Å². The number of halogens is 2. The second kappa shape index (κ2) is 5.25. The molecule has 0 saturated carbocycles. The summed E-state index contributed by atoms with van der Waals surface area (Å²) in [5, 5.41) is 3.14. The molecule has 0 radical (unpaired) electrons. The summed E-state index contributed by atoms with van der Waals surface area (Å²) < 4.78 is 0. The lowest BCUT2D eigenvalue weighted by molar-refractivity contribution is 0.102. The van der Waals surface area contributed by atoms with Crippen LogP contribution in [0.25, 0.3) is 0 Å². The molecule has 4 nitrogen and oxygen atoms in total. The Kier molecular flexibility index (Phi) is 3.69. The molecule has 6 heteroatoms. The van der Waals surface area contributed by atoms with Crippen molar-refractivity contribution < 1.29 is 4.79 Å². The minimum absolute atomic E-state index is 0.161. The summed E-state index contributed by atoms with van der Waals surface area (Å²) in [4.78, 5) is 25.8. The van der Waals surface area contributed by atoms with E-state index in [0.717, 1.165) is 0 Å². The average molecular weight is 283 g/mol. The van der Waals surface area contributed by atoms with Crippen LogP contribution in [0, 0.1) is 0 Å². The van der Waals surface area contributed by atoms with E-state index >= 15 is 0 Å². The fourth-order valence-electron chi connectivity index (χ4n) is 1.38. The highest BCUT2D eigenvalue weighted by Gasteiger charge is 2.12. The van der Waals surface area contributed by atoms with Crippen molar-refractivity contribution in [2.45, 2.75) is 0 Å². The number of hydrogen-bond acceptors (Lipinski definition) is 2. The number of carbonyl (C=O) groups is 1. The monoisotopic (exact) mass is 282 g/mol. The summed E-state index contributed by atoms with van der Waals surface area (Å²) in [6.07, 6.45) is 1.48. The van der Waals surface area contributed by atoms with Crippen LogP contribution in [0.5, 0.6) is 0 Å². The third-order valence-electron chi connectivity index (χ3n) is 2.24. The summed E-state index contributed by atoms with van der Waals surface area (Å²) in [5.74, 6) is -0.464. The van der Waals surface area contributed by atoms with Crippen molar-refractivity contribution in [2.24, 2.45) is 0 Å². The number of carbonyl (C=O) groups excluding carboxylic acids is 1. The Labute approximate surface area is 113 Å². The zero-order chi connectivity index (χ0) is 13.1. The first-order chi connectivity index (χ1) is 8.58. The van der Waals surface area contributed by atoms with Gasteiger partial charge >= 0.3 is 0 Å². The zero-order valence-electron chi connectivity index (χ0n) is 9.04. The van der Waals surface area contributed by atoms with Crippen LogP contribution in [0.2, 0.25) is 10.0 Å². The molecule has 1 aromatic carbocycles. The molecule has 1 heterocycles. The quantitative estimate of drug-likeness (QED) is 0.890. The molecule has 0 aliphatic heterocycles. The van der Waals surface area contributed by atoms with Crippen LogP contribution in [0.3, 0.4) is 0 Å². The predicted octanol–water partition coefficient (Wildman–Crippen LogP) is 2.93. The van der Waals surface area contributed by atoms with Crippen molar-refractivity contribution in [3.63, 3.8) is 0 Å². The SMILES string of the molecule is O=C(Nc1ccc[nH]c1=O)c1ccc(Cl)cc1Cl. The smallest absolute Gasteiger partial charge is 0.271 e. The molecule has 2 aromatic rings. The average Bonchev–Trinajstić information content (AvgIpc) is 2.32. The van der Waals surface area contributed by atoms with Crippen LogP contribution in [-0.4, -0.2) is 10.9 Å². The zero-order valence-corrected chi connectivity index (χ0v) is 10.5. The molecule has 1 amide bonds. The predicted molar refractivity (Wildman–Crippen MR) is 71.5 cm³/mol. The largest absolute Gasteiger partial charge is 0.327 e. The summed E-state index contributed by atoms with van der Waals surface area (Å²) in [6, 6.07) is 7.63. The van der Waals surface area contributed by atoms with Gasteiger partial charge in [-0.2, -0.15) is 0 Å². The number of benzene rings is 1. The fourth-order valence-corrected chi connectivity index (χ4v) is 1.88. The molecule has 0 spiro atoms. The number of aromatic amines is 1. The van der Waals surface area contributed by atoms with E-state index < -0.39 is 5.91 Å². The van der Waals surface area contributed by atoms with Crippen LogP contribution in [0.1, 0.15) is 10.4 Å². The van der Waals surface area contributed by atoms with E-state index in [1.165, 1.54) is 24.4 Å². The van der Waals surface area contributed by atoms with Gasteiger partial charge in [-0.05, 0) is 30.3 Å². The summed E-state index contributed by atoms with van der Waals surface area (Å²) in [7, 11) is 0. The van der Waals surface area contributed by atoms with Crippen molar-refractivity contribution in [1.82, 2.24) is 4.98 Å². The van der Waals surface area contributed by atoms with E-state index in [0.29, 0.717) is 5.02 Å². The van der Waals surface area contributed by atoms with E-state index in [9.17, 15) is 9.59 Å². The molecule has 0 aliphatic rings. The van der Waals surface area contributed by atoms with Crippen molar-refractivity contribution in [2.75, 3.05) is 5.32 Å². The van der Waals surface area contributed by atoms with Gasteiger partial charge < -0.3 is 10.3 Å². The Morgan fingerprint density at radius 1 is 1.22 bits per heavy atom. The Hall–Kier alpha value is -1.78. The van der Waals surface area contributed by atoms with Crippen LogP contribution >= 0.6 is 23.2 Å². The van der Waals surface area contributed by atoms with Gasteiger partial charge in [0.25, 0.3) is 11.5 Å². The Bertz CT molecular complexity index is 653. The maximum Gasteiger partial charge on any atom is 0.271 e. The highest BCUT2D eigenvalue weighted by atomic mass is 35.5. The van der Waals surface area contributed by atoms with Gasteiger partial charge in [-0.25, -0.2) is 0 Å². The summed E-state index contributed by atoms with van der Waals surface area (Å²) in [5.41, 5.74) is 0.0359. The lowest BCUT2D eigenvalue weighted by atomic mass is 10.2. The normalized spacial score (nSPS) is 10.1. The molecular formula is C12H8Cl2N2O2. The van der Waals surface area contributed by atoms with Gasteiger partial charge in [-0.3, -0.25) is 9.59 Å². The fraction of sp³-hybridized carbons (Fsp3) is 0. The van der Waals surface area contributed by atoms with Crippen LogP contribution < -0.4 is 10.9 Å². The van der Waals surface area contributed by atoms with Gasteiger partial charge in [-0.1, -0.05) is 23.2 Å². The molecule has 0 unspecified atom stereocenters. The first-order valence-corrected chi connectivity index (χ1v) is 5.77.